The fraction of sp³-hybridized carbons (Fsp3) is 0.632. The van der Waals surface area contributed by atoms with Crippen LogP contribution < -0.4 is 20.5 Å². The van der Waals surface area contributed by atoms with Gasteiger partial charge in [-0.2, -0.15) is 0 Å². The van der Waals surface area contributed by atoms with Gasteiger partial charge < -0.3 is 25.3 Å². The van der Waals surface area contributed by atoms with Crippen molar-refractivity contribution in [3.63, 3.8) is 0 Å². The molecule has 2 unspecified atom stereocenters. The Morgan fingerprint density at radius 3 is 2.72 bits per heavy atom. The molecule has 0 aromatic heterocycles. The number of fused-ring (bicyclic) bond motifs is 1. The van der Waals surface area contributed by atoms with E-state index < -0.39 is 11.0 Å². The van der Waals surface area contributed by atoms with Gasteiger partial charge in [-0.1, -0.05) is 19.9 Å². The van der Waals surface area contributed by atoms with E-state index in [0.29, 0.717) is 32.8 Å². The fourth-order valence-corrected chi connectivity index (χ4v) is 3.48. The lowest BCUT2D eigenvalue weighted by atomic mass is 9.54. The van der Waals surface area contributed by atoms with Crippen LogP contribution in [0.5, 0.6) is 11.5 Å². The summed E-state index contributed by atoms with van der Waals surface area (Å²) in [5.74, 6) is 1.34. The quantitative estimate of drug-likeness (QED) is 0.850. The van der Waals surface area contributed by atoms with Crippen molar-refractivity contribution < 1.29 is 19.0 Å². The summed E-state index contributed by atoms with van der Waals surface area (Å²) in [6.45, 7) is 8.27. The lowest BCUT2D eigenvalue weighted by molar-refractivity contribution is -0.170. The Bertz CT molecular complexity index is 646. The largest absolute Gasteiger partial charge is 0.490 e. The van der Waals surface area contributed by atoms with Crippen molar-refractivity contribution in [2.45, 2.75) is 51.8 Å². The highest BCUT2D eigenvalue weighted by molar-refractivity contribution is 5.88. The third-order valence-electron chi connectivity index (χ3n) is 5.50. The first kappa shape index (κ1) is 18.0. The molecule has 138 valence electrons. The average molecular weight is 348 g/mol. The number of amides is 1. The molecule has 25 heavy (non-hydrogen) atoms. The molecule has 2 aliphatic rings. The molecule has 1 heterocycles. The molecule has 0 bridgehead atoms. The monoisotopic (exact) mass is 348 g/mol. The molecule has 1 amide bonds. The standard InChI is InChI=1S/C19H28N2O4/c1-4-23-16-11-19(20,18(16,2)3)17(22)21-12-13-6-7-14-15(10-13)25-9-5-8-24-14/h6-7,10,16H,4-5,8-9,11-12,20H2,1-3H3,(H,21,22). The summed E-state index contributed by atoms with van der Waals surface area (Å²) in [6.07, 6.45) is 1.43. The van der Waals surface area contributed by atoms with Gasteiger partial charge in [0.25, 0.3) is 0 Å². The zero-order chi connectivity index (χ0) is 18.1. The second-order valence-corrected chi connectivity index (χ2v) is 7.36. The Balaban J connectivity index is 1.62. The number of carbonyl (C=O) groups is 1. The van der Waals surface area contributed by atoms with Crippen molar-refractivity contribution >= 4 is 5.91 Å². The second-order valence-electron chi connectivity index (χ2n) is 7.36. The van der Waals surface area contributed by atoms with Crippen LogP contribution in [-0.2, 0) is 16.1 Å². The maximum Gasteiger partial charge on any atom is 0.241 e. The normalized spacial score (nSPS) is 27.1. The van der Waals surface area contributed by atoms with Crippen LogP contribution in [0.15, 0.2) is 18.2 Å². The summed E-state index contributed by atoms with van der Waals surface area (Å²) >= 11 is 0. The van der Waals surface area contributed by atoms with Crippen molar-refractivity contribution in [3.8, 4) is 11.5 Å². The number of benzene rings is 1. The number of rotatable bonds is 5. The Labute approximate surface area is 149 Å². The Morgan fingerprint density at radius 2 is 2.04 bits per heavy atom. The first-order chi connectivity index (χ1) is 11.9. The summed E-state index contributed by atoms with van der Waals surface area (Å²) in [5.41, 5.74) is 6.07. The molecule has 0 radical (unpaired) electrons. The smallest absolute Gasteiger partial charge is 0.241 e. The molecule has 0 spiro atoms. The Kier molecular flexibility index (Phi) is 4.93. The molecule has 1 aromatic carbocycles. The topological polar surface area (TPSA) is 82.8 Å². The highest BCUT2D eigenvalue weighted by Gasteiger charge is 2.62. The van der Waals surface area contributed by atoms with Crippen LogP contribution in [-0.4, -0.2) is 37.4 Å². The van der Waals surface area contributed by atoms with Crippen LogP contribution in [0, 0.1) is 5.41 Å². The average Bonchev–Trinajstić information content (AvgIpc) is 2.84. The van der Waals surface area contributed by atoms with Crippen LogP contribution in [0.3, 0.4) is 0 Å². The first-order valence-electron chi connectivity index (χ1n) is 8.96. The van der Waals surface area contributed by atoms with Gasteiger partial charge in [0.1, 0.15) is 5.54 Å². The van der Waals surface area contributed by atoms with Crippen molar-refractivity contribution in [2.24, 2.45) is 11.1 Å². The van der Waals surface area contributed by atoms with Gasteiger partial charge in [-0.05, 0) is 24.6 Å². The fourth-order valence-electron chi connectivity index (χ4n) is 3.48. The molecule has 1 aliphatic carbocycles. The second kappa shape index (κ2) is 6.84. The summed E-state index contributed by atoms with van der Waals surface area (Å²) in [7, 11) is 0. The molecule has 0 saturated heterocycles. The molecule has 1 aromatic rings. The highest BCUT2D eigenvalue weighted by atomic mass is 16.5. The van der Waals surface area contributed by atoms with Gasteiger partial charge in [-0.25, -0.2) is 0 Å². The molecular weight excluding hydrogens is 320 g/mol. The van der Waals surface area contributed by atoms with E-state index in [9.17, 15) is 4.79 Å². The van der Waals surface area contributed by atoms with Crippen LogP contribution in [0.4, 0.5) is 0 Å². The molecule has 1 saturated carbocycles. The van der Waals surface area contributed by atoms with Crippen molar-refractivity contribution in [1.82, 2.24) is 5.32 Å². The SMILES string of the molecule is CCOC1CC(N)(C(=O)NCc2ccc3c(c2)OCCCO3)C1(C)C. The van der Waals surface area contributed by atoms with Crippen molar-refractivity contribution in [1.29, 1.82) is 0 Å². The third-order valence-corrected chi connectivity index (χ3v) is 5.50. The number of nitrogens with two attached hydrogens (primary N) is 1. The van der Waals surface area contributed by atoms with Crippen molar-refractivity contribution in [3.05, 3.63) is 23.8 Å². The van der Waals surface area contributed by atoms with E-state index in [1.807, 2.05) is 39.0 Å². The molecule has 2 atom stereocenters. The summed E-state index contributed by atoms with van der Waals surface area (Å²) in [4.78, 5) is 12.7. The van der Waals surface area contributed by atoms with Gasteiger partial charge in [-0.15, -0.1) is 0 Å². The molecule has 3 N–H and O–H groups in total. The molecular formula is C19H28N2O4. The lowest BCUT2D eigenvalue weighted by Gasteiger charge is -2.57. The molecule has 3 rings (SSSR count). The summed E-state index contributed by atoms with van der Waals surface area (Å²) in [5, 5.41) is 2.97. The van der Waals surface area contributed by atoms with Crippen molar-refractivity contribution in [2.75, 3.05) is 19.8 Å². The number of hydrogen-bond donors (Lipinski definition) is 2. The van der Waals surface area contributed by atoms with Gasteiger partial charge in [-0.3, -0.25) is 4.79 Å². The van der Waals surface area contributed by atoms with E-state index >= 15 is 0 Å². The summed E-state index contributed by atoms with van der Waals surface area (Å²) < 4.78 is 17.0. The zero-order valence-corrected chi connectivity index (χ0v) is 15.3. The van der Waals surface area contributed by atoms with Gasteiger partial charge in [0.15, 0.2) is 11.5 Å². The Morgan fingerprint density at radius 1 is 1.32 bits per heavy atom. The van der Waals surface area contributed by atoms with Gasteiger partial charge in [0.2, 0.25) is 5.91 Å². The molecule has 6 nitrogen and oxygen atoms in total. The van der Waals surface area contributed by atoms with Crippen LogP contribution in [0.1, 0.15) is 39.2 Å². The molecule has 1 aliphatic heterocycles. The van der Waals surface area contributed by atoms with E-state index in [2.05, 4.69) is 5.32 Å². The van der Waals surface area contributed by atoms with Gasteiger partial charge in [0.05, 0.1) is 19.3 Å². The number of hydrogen-bond acceptors (Lipinski definition) is 5. The van der Waals surface area contributed by atoms with E-state index in [1.54, 1.807) is 0 Å². The van der Waals surface area contributed by atoms with Crippen LogP contribution in [0.2, 0.25) is 0 Å². The van der Waals surface area contributed by atoms with Crippen LogP contribution >= 0.6 is 0 Å². The van der Waals surface area contributed by atoms with Gasteiger partial charge in [0, 0.05) is 31.4 Å². The maximum absolute atomic E-state index is 12.7. The lowest BCUT2D eigenvalue weighted by Crippen LogP contribution is -2.75. The Hall–Kier alpha value is -1.79. The number of ether oxygens (including phenoxy) is 3. The predicted octanol–water partition coefficient (Wildman–Crippen LogP) is 2.00. The number of carbonyl (C=O) groups excluding carboxylic acids is 1. The highest BCUT2D eigenvalue weighted by Crippen LogP contribution is 2.49. The predicted molar refractivity (Wildman–Crippen MR) is 94.6 cm³/mol. The van der Waals surface area contributed by atoms with E-state index in [-0.39, 0.29) is 12.0 Å². The van der Waals surface area contributed by atoms with E-state index in [1.165, 1.54) is 0 Å². The number of nitrogens with one attached hydrogen (secondary N) is 1. The molecule has 1 fully saturated rings. The first-order valence-corrected chi connectivity index (χ1v) is 8.96. The maximum atomic E-state index is 12.7. The minimum Gasteiger partial charge on any atom is -0.490 e. The summed E-state index contributed by atoms with van der Waals surface area (Å²) in [6, 6.07) is 5.74. The zero-order valence-electron chi connectivity index (χ0n) is 15.3. The van der Waals surface area contributed by atoms with Crippen LogP contribution in [0.25, 0.3) is 0 Å². The molecule has 6 heteroatoms. The minimum atomic E-state index is -0.905. The third kappa shape index (κ3) is 3.20. The minimum absolute atomic E-state index is 0.0197. The van der Waals surface area contributed by atoms with Gasteiger partial charge >= 0.3 is 0 Å². The van der Waals surface area contributed by atoms with E-state index in [4.69, 9.17) is 19.9 Å². The van der Waals surface area contributed by atoms with E-state index in [0.717, 1.165) is 23.5 Å².